The number of nitrogen functional groups attached to an aromatic ring is 2. The molecule has 2 bridgehead atoms. The Morgan fingerprint density at radius 2 is 1.55 bits per heavy atom. The fraction of sp³-hybridized carbons (Fsp3) is 0.476. The Balaban J connectivity index is 1.20. The van der Waals surface area contributed by atoms with Crippen molar-refractivity contribution in [3.63, 3.8) is 0 Å². The fourth-order valence-electron chi connectivity index (χ4n) is 5.27. The van der Waals surface area contributed by atoms with Gasteiger partial charge in [0.2, 0.25) is 7.57 Å². The van der Waals surface area contributed by atoms with Crippen molar-refractivity contribution in [2.45, 2.75) is 49.2 Å². The molecule has 23 heteroatoms. The Labute approximate surface area is 246 Å². The first-order chi connectivity index (χ1) is 20.9. The smallest absolute Gasteiger partial charge is 0.397 e. The van der Waals surface area contributed by atoms with Crippen molar-refractivity contribution in [1.82, 2.24) is 34.1 Å². The predicted octanol–water partition coefficient (Wildman–Crippen LogP) is 1.10. The van der Waals surface area contributed by atoms with Gasteiger partial charge in [0.25, 0.3) is 7.47 Å². The molecule has 0 amide bonds. The summed E-state index contributed by atoms with van der Waals surface area (Å²) in [6, 6.07) is 1.50. The number of anilines is 2. The van der Waals surface area contributed by atoms with Crippen molar-refractivity contribution in [2.24, 2.45) is 0 Å². The standard InChI is InChI=1S/C21H22BF2N9O9P2/c22-43(34)37-4-10-15(12(24)20(40-10)32-7-31-14-17(26)28-5-29-19(14)32)42-44(35,36)38-3-9-11(23)16(41-43)21(39-9)33-6-30-13-8(25)1-2-27-18(13)33/h1-2,5-7,9-12,15-16,20-21H,3-4H2,(H2,25,27)(H,35,36)(H2,26,28,29)/t9-,10-,11+,12-,15-,16-,20-,21-,43?/m1/s1. The maximum atomic E-state index is 15.9. The van der Waals surface area contributed by atoms with Crippen LogP contribution in [0.3, 0.4) is 0 Å². The number of hydrogen-bond acceptors (Lipinski definition) is 15. The monoisotopic (exact) mass is 655 g/mol. The van der Waals surface area contributed by atoms with E-state index in [9.17, 15) is 14.0 Å². The van der Waals surface area contributed by atoms with E-state index < -0.39 is 77.7 Å². The SMILES string of the molecule is [B]P1(=O)OC[C@H]2O[C@@H](n3cnc4c(N)ncnc43)[C@H](F)[C@@H]2OP(=O)(O)OC[C@H]2O[C@@H](n3cnc4c(N)ccnc43)[C@H](O1)[C@H]2F. The fourth-order valence-corrected chi connectivity index (χ4v) is 7.20. The molecular weight excluding hydrogens is 633 g/mol. The van der Waals surface area contributed by atoms with Crippen molar-refractivity contribution < 1.29 is 50.4 Å². The second-order valence-electron chi connectivity index (χ2n) is 10.1. The maximum Gasteiger partial charge on any atom is 0.472 e. The zero-order valence-electron chi connectivity index (χ0n) is 22.1. The Morgan fingerprint density at radius 1 is 0.864 bits per heavy atom. The van der Waals surface area contributed by atoms with Crippen LogP contribution in [-0.4, -0.2) is 96.5 Å². The molecule has 7 rings (SSSR count). The minimum atomic E-state index is -5.12. The van der Waals surface area contributed by atoms with Gasteiger partial charge in [-0.2, -0.15) is 0 Å². The molecule has 5 N–H and O–H groups in total. The lowest BCUT2D eigenvalue weighted by Crippen LogP contribution is -2.34. The molecule has 232 valence electrons. The first-order valence-corrected chi connectivity index (χ1v) is 16.0. The molecule has 44 heavy (non-hydrogen) atoms. The van der Waals surface area contributed by atoms with Gasteiger partial charge in [0, 0.05) is 6.20 Å². The van der Waals surface area contributed by atoms with Gasteiger partial charge in [-0.1, -0.05) is 0 Å². The third kappa shape index (κ3) is 5.07. The van der Waals surface area contributed by atoms with Crippen LogP contribution in [0.2, 0.25) is 0 Å². The van der Waals surface area contributed by atoms with E-state index in [1.807, 2.05) is 0 Å². The van der Waals surface area contributed by atoms with Crippen LogP contribution in [0.15, 0.2) is 31.2 Å². The van der Waals surface area contributed by atoms with Gasteiger partial charge in [-0.15, -0.1) is 0 Å². The molecule has 0 aliphatic carbocycles. The lowest BCUT2D eigenvalue weighted by atomic mass is 10.1. The molecule has 18 nitrogen and oxygen atoms in total. The number of aromatic nitrogens is 7. The van der Waals surface area contributed by atoms with Crippen LogP contribution in [0, 0.1) is 0 Å². The number of pyridine rings is 1. The number of halogens is 2. The van der Waals surface area contributed by atoms with Crippen LogP contribution < -0.4 is 11.5 Å². The summed E-state index contributed by atoms with van der Waals surface area (Å²) in [5.41, 5.74) is 12.7. The van der Waals surface area contributed by atoms with Gasteiger partial charge in [-0.05, 0) is 6.07 Å². The van der Waals surface area contributed by atoms with Crippen LogP contribution in [0.5, 0.6) is 0 Å². The number of rotatable bonds is 2. The summed E-state index contributed by atoms with van der Waals surface area (Å²) < 4.78 is 92.8. The average Bonchev–Trinajstić information content (AvgIpc) is 3.73. The molecule has 0 aromatic carbocycles. The van der Waals surface area contributed by atoms with Gasteiger partial charge in [-0.25, -0.2) is 38.3 Å². The maximum absolute atomic E-state index is 15.9. The van der Waals surface area contributed by atoms with Gasteiger partial charge in [0.15, 0.2) is 41.9 Å². The van der Waals surface area contributed by atoms with Crippen LogP contribution in [0.4, 0.5) is 20.3 Å². The second kappa shape index (κ2) is 10.7. The molecule has 2 unspecified atom stereocenters. The zero-order valence-corrected chi connectivity index (χ0v) is 23.9. The van der Waals surface area contributed by atoms with E-state index in [1.165, 1.54) is 34.1 Å². The first kappa shape index (κ1) is 29.6. The van der Waals surface area contributed by atoms with Crippen molar-refractivity contribution in [1.29, 1.82) is 0 Å². The van der Waals surface area contributed by atoms with Gasteiger partial charge < -0.3 is 34.9 Å². The van der Waals surface area contributed by atoms with E-state index >= 15 is 8.78 Å². The molecule has 0 saturated carbocycles. The van der Waals surface area contributed by atoms with Gasteiger partial charge in [-0.3, -0.25) is 22.7 Å². The van der Waals surface area contributed by atoms with Crippen molar-refractivity contribution in [3.05, 3.63) is 31.2 Å². The zero-order chi connectivity index (χ0) is 31.0. The van der Waals surface area contributed by atoms with Gasteiger partial charge in [0.1, 0.15) is 41.8 Å². The van der Waals surface area contributed by atoms with E-state index in [-0.39, 0.29) is 33.8 Å². The lowest BCUT2D eigenvalue weighted by Gasteiger charge is -2.27. The quantitative estimate of drug-likeness (QED) is 0.202. The molecule has 3 aliphatic heterocycles. The minimum absolute atomic E-state index is 0.0167. The molecule has 4 aromatic heterocycles. The van der Waals surface area contributed by atoms with Crippen LogP contribution in [-0.2, 0) is 36.7 Å². The number of fused-ring (bicyclic) bond motifs is 5. The second-order valence-corrected chi connectivity index (χ2v) is 13.0. The molecular formula is C21H22BF2N9O9P2. The average molecular weight is 655 g/mol. The van der Waals surface area contributed by atoms with Crippen LogP contribution in [0.25, 0.3) is 22.3 Å². The van der Waals surface area contributed by atoms with Gasteiger partial charge in [0.05, 0.1) is 31.6 Å². The number of phosphoric ester groups is 1. The number of hydrogen-bond donors (Lipinski definition) is 3. The van der Waals surface area contributed by atoms with Crippen molar-refractivity contribution in [3.8, 4) is 0 Å². The van der Waals surface area contributed by atoms with E-state index in [0.29, 0.717) is 0 Å². The molecule has 3 fully saturated rings. The van der Waals surface area contributed by atoms with E-state index in [2.05, 4.69) is 24.9 Å². The summed E-state index contributed by atoms with van der Waals surface area (Å²) in [4.78, 5) is 30.8. The van der Waals surface area contributed by atoms with Crippen molar-refractivity contribution >= 4 is 56.7 Å². The Kier molecular flexibility index (Phi) is 7.23. The molecule has 3 saturated heterocycles. The molecule has 3 aliphatic rings. The summed E-state index contributed by atoms with van der Waals surface area (Å²) >= 11 is 0. The summed E-state index contributed by atoms with van der Waals surface area (Å²) in [7, 11) is -3.93. The van der Waals surface area contributed by atoms with Gasteiger partial charge >= 0.3 is 7.82 Å². The predicted molar refractivity (Wildman–Crippen MR) is 144 cm³/mol. The summed E-state index contributed by atoms with van der Waals surface area (Å²) in [6.07, 6.45) is -8.94. The largest absolute Gasteiger partial charge is 0.472 e. The first-order valence-electron chi connectivity index (χ1n) is 12.9. The van der Waals surface area contributed by atoms with Crippen LogP contribution >= 0.6 is 15.3 Å². The lowest BCUT2D eigenvalue weighted by molar-refractivity contribution is -0.0613. The van der Waals surface area contributed by atoms with E-state index in [4.69, 9.17) is 46.6 Å². The molecule has 0 spiro atoms. The highest BCUT2D eigenvalue weighted by Gasteiger charge is 2.54. The van der Waals surface area contributed by atoms with E-state index in [0.717, 1.165) is 6.33 Å². The summed E-state index contributed by atoms with van der Waals surface area (Å²) in [6.45, 7) is -1.66. The van der Waals surface area contributed by atoms with Crippen molar-refractivity contribution in [2.75, 3.05) is 24.7 Å². The molecule has 2 radical (unpaired) electrons. The number of alkyl halides is 2. The highest BCUT2D eigenvalue weighted by atomic mass is 31.2. The number of imidazole rings is 2. The highest BCUT2D eigenvalue weighted by molar-refractivity contribution is 7.79. The Bertz CT molecular complexity index is 1840. The van der Waals surface area contributed by atoms with E-state index in [1.54, 1.807) is 0 Å². The van der Waals surface area contributed by atoms with Crippen LogP contribution in [0.1, 0.15) is 12.5 Å². The number of nitrogens with zero attached hydrogens (tertiary/aromatic N) is 7. The Morgan fingerprint density at radius 3 is 2.34 bits per heavy atom. The number of nitrogens with two attached hydrogens (primary N) is 2. The summed E-state index contributed by atoms with van der Waals surface area (Å²) in [5.74, 6) is 0.0167. The minimum Gasteiger partial charge on any atom is -0.397 e. The number of ether oxygens (including phenoxy) is 2. The normalized spacial score (nSPS) is 38.2. The summed E-state index contributed by atoms with van der Waals surface area (Å²) in [5, 5.41) is 0. The molecule has 10 atom stereocenters. The topological polar surface area (TPSA) is 236 Å². The Hall–Kier alpha value is -3.13. The third-order valence-electron chi connectivity index (χ3n) is 7.30. The molecule has 4 aromatic rings. The number of phosphoric acid groups is 1. The third-order valence-corrected chi connectivity index (χ3v) is 9.33. The molecule has 7 heterocycles. The highest BCUT2D eigenvalue weighted by Crippen LogP contribution is 2.54.